The summed E-state index contributed by atoms with van der Waals surface area (Å²) in [7, 11) is 0. The fourth-order valence-corrected chi connectivity index (χ4v) is 2.37. The molecule has 0 aliphatic carbocycles. The first-order valence-corrected chi connectivity index (χ1v) is 6.31. The molecule has 2 rings (SSSR count). The standard InChI is InChI=1S/C12H17BrN2/c1-3-9(2)15-7-6-14-11-8-10(13)4-5-12(11)15/h4-5,8-9,14H,3,6-7H2,1-2H3. The van der Waals surface area contributed by atoms with E-state index < -0.39 is 0 Å². The van der Waals surface area contributed by atoms with Crippen molar-refractivity contribution in [3.05, 3.63) is 22.7 Å². The molecule has 3 heteroatoms. The van der Waals surface area contributed by atoms with Crippen LogP contribution in [-0.2, 0) is 0 Å². The lowest BCUT2D eigenvalue weighted by Crippen LogP contribution is -2.40. The first-order valence-electron chi connectivity index (χ1n) is 5.52. The summed E-state index contributed by atoms with van der Waals surface area (Å²) in [5.41, 5.74) is 2.58. The van der Waals surface area contributed by atoms with Crippen LogP contribution in [-0.4, -0.2) is 19.1 Å². The van der Waals surface area contributed by atoms with E-state index in [1.165, 1.54) is 17.8 Å². The van der Waals surface area contributed by atoms with Gasteiger partial charge in [0.1, 0.15) is 0 Å². The minimum atomic E-state index is 0.618. The Morgan fingerprint density at radius 3 is 3.07 bits per heavy atom. The molecule has 2 nitrogen and oxygen atoms in total. The van der Waals surface area contributed by atoms with Gasteiger partial charge >= 0.3 is 0 Å². The van der Waals surface area contributed by atoms with Crippen molar-refractivity contribution in [1.82, 2.24) is 0 Å². The summed E-state index contributed by atoms with van der Waals surface area (Å²) in [6.45, 7) is 6.67. The molecule has 15 heavy (non-hydrogen) atoms. The van der Waals surface area contributed by atoms with Gasteiger partial charge in [-0.1, -0.05) is 22.9 Å². The van der Waals surface area contributed by atoms with Crippen LogP contribution in [0.2, 0.25) is 0 Å². The van der Waals surface area contributed by atoms with Gasteiger partial charge in [0.2, 0.25) is 0 Å². The van der Waals surface area contributed by atoms with Crippen molar-refractivity contribution >= 4 is 27.3 Å². The van der Waals surface area contributed by atoms with Crippen LogP contribution >= 0.6 is 15.9 Å². The lowest BCUT2D eigenvalue weighted by molar-refractivity contribution is 0.616. The first-order chi connectivity index (χ1) is 7.22. The highest BCUT2D eigenvalue weighted by atomic mass is 79.9. The Labute approximate surface area is 99.8 Å². The van der Waals surface area contributed by atoms with Crippen molar-refractivity contribution in [2.24, 2.45) is 0 Å². The molecule has 1 aliphatic heterocycles. The summed E-state index contributed by atoms with van der Waals surface area (Å²) < 4.78 is 1.14. The summed E-state index contributed by atoms with van der Waals surface area (Å²) in [4.78, 5) is 2.48. The second-order valence-electron chi connectivity index (χ2n) is 4.04. The second-order valence-corrected chi connectivity index (χ2v) is 4.95. The first kappa shape index (κ1) is 10.8. The van der Waals surface area contributed by atoms with Crippen molar-refractivity contribution in [2.75, 3.05) is 23.3 Å². The third-order valence-corrected chi connectivity index (χ3v) is 3.55. The zero-order chi connectivity index (χ0) is 10.8. The third kappa shape index (κ3) is 2.12. The van der Waals surface area contributed by atoms with Gasteiger partial charge in [-0.05, 0) is 31.5 Å². The molecule has 1 unspecified atom stereocenters. The van der Waals surface area contributed by atoms with E-state index in [2.05, 4.69) is 58.2 Å². The fourth-order valence-electron chi connectivity index (χ4n) is 2.01. The highest BCUT2D eigenvalue weighted by Crippen LogP contribution is 2.33. The average molecular weight is 269 g/mol. The van der Waals surface area contributed by atoms with Crippen LogP contribution in [0.15, 0.2) is 22.7 Å². The molecule has 0 aromatic heterocycles. The largest absolute Gasteiger partial charge is 0.382 e. The minimum Gasteiger partial charge on any atom is -0.382 e. The van der Waals surface area contributed by atoms with Crippen LogP contribution in [0.3, 0.4) is 0 Å². The highest BCUT2D eigenvalue weighted by Gasteiger charge is 2.19. The fraction of sp³-hybridized carbons (Fsp3) is 0.500. The topological polar surface area (TPSA) is 15.3 Å². The molecule has 1 heterocycles. The molecular formula is C12H17BrN2. The molecule has 0 bridgehead atoms. The van der Waals surface area contributed by atoms with E-state index in [9.17, 15) is 0 Å². The van der Waals surface area contributed by atoms with Crippen LogP contribution in [0.25, 0.3) is 0 Å². The van der Waals surface area contributed by atoms with E-state index in [0.717, 1.165) is 17.6 Å². The third-order valence-electron chi connectivity index (χ3n) is 3.06. The number of nitrogens with one attached hydrogen (secondary N) is 1. The SMILES string of the molecule is CCC(C)N1CCNc2cc(Br)ccc21. The Balaban J connectivity index is 2.34. The maximum absolute atomic E-state index is 3.51. The van der Waals surface area contributed by atoms with Gasteiger partial charge < -0.3 is 10.2 Å². The van der Waals surface area contributed by atoms with Gasteiger partial charge in [-0.25, -0.2) is 0 Å². The van der Waals surface area contributed by atoms with Crippen molar-refractivity contribution < 1.29 is 0 Å². The van der Waals surface area contributed by atoms with Crippen LogP contribution < -0.4 is 10.2 Å². The predicted octanol–water partition coefficient (Wildman–Crippen LogP) is 3.48. The lowest BCUT2D eigenvalue weighted by Gasteiger charge is -2.36. The number of halogens is 1. The van der Waals surface area contributed by atoms with Crippen molar-refractivity contribution in [2.45, 2.75) is 26.3 Å². The second kappa shape index (κ2) is 4.44. The molecular weight excluding hydrogens is 252 g/mol. The molecule has 1 atom stereocenters. The molecule has 82 valence electrons. The predicted molar refractivity (Wildman–Crippen MR) is 69.7 cm³/mol. The normalized spacial score (nSPS) is 16.9. The maximum Gasteiger partial charge on any atom is 0.0605 e. The number of benzene rings is 1. The van der Waals surface area contributed by atoms with E-state index >= 15 is 0 Å². The van der Waals surface area contributed by atoms with Gasteiger partial charge in [0.15, 0.2) is 0 Å². The van der Waals surface area contributed by atoms with Gasteiger partial charge in [-0.2, -0.15) is 0 Å². The average Bonchev–Trinajstić information content (AvgIpc) is 2.26. The van der Waals surface area contributed by atoms with E-state index in [-0.39, 0.29) is 0 Å². The number of anilines is 2. The van der Waals surface area contributed by atoms with Crippen molar-refractivity contribution in [3.63, 3.8) is 0 Å². The summed E-state index contributed by atoms with van der Waals surface area (Å²) >= 11 is 3.51. The van der Waals surface area contributed by atoms with Crippen molar-refractivity contribution in [3.8, 4) is 0 Å². The Hall–Kier alpha value is -0.700. The smallest absolute Gasteiger partial charge is 0.0605 e. The van der Waals surface area contributed by atoms with Gasteiger partial charge in [-0.15, -0.1) is 0 Å². The molecule has 0 amide bonds. The number of nitrogens with zero attached hydrogens (tertiary/aromatic N) is 1. The van der Waals surface area contributed by atoms with E-state index in [1.807, 2.05) is 0 Å². The summed E-state index contributed by atoms with van der Waals surface area (Å²) in [5.74, 6) is 0. The molecule has 0 saturated carbocycles. The van der Waals surface area contributed by atoms with Crippen LogP contribution in [0.5, 0.6) is 0 Å². The van der Waals surface area contributed by atoms with Crippen LogP contribution in [0, 0.1) is 0 Å². The molecule has 0 radical (unpaired) electrons. The van der Waals surface area contributed by atoms with E-state index in [0.29, 0.717) is 6.04 Å². The minimum absolute atomic E-state index is 0.618. The number of hydrogen-bond acceptors (Lipinski definition) is 2. The summed E-state index contributed by atoms with van der Waals surface area (Å²) in [6.07, 6.45) is 1.19. The van der Waals surface area contributed by atoms with Crippen molar-refractivity contribution in [1.29, 1.82) is 0 Å². The maximum atomic E-state index is 3.51. The number of rotatable bonds is 2. The van der Waals surface area contributed by atoms with E-state index in [1.54, 1.807) is 0 Å². The number of hydrogen-bond donors (Lipinski definition) is 1. The van der Waals surface area contributed by atoms with Crippen LogP contribution in [0.1, 0.15) is 20.3 Å². The molecule has 1 aliphatic rings. The molecule has 0 spiro atoms. The Kier molecular flexibility index (Phi) is 3.19. The Morgan fingerprint density at radius 2 is 2.33 bits per heavy atom. The number of fused-ring (bicyclic) bond motifs is 1. The lowest BCUT2D eigenvalue weighted by atomic mass is 10.1. The Bertz CT molecular complexity index is 351. The summed E-state index contributed by atoms with van der Waals surface area (Å²) in [6, 6.07) is 7.08. The highest BCUT2D eigenvalue weighted by molar-refractivity contribution is 9.10. The van der Waals surface area contributed by atoms with Gasteiger partial charge in [0.05, 0.1) is 11.4 Å². The quantitative estimate of drug-likeness (QED) is 0.884. The zero-order valence-electron chi connectivity index (χ0n) is 9.26. The molecule has 1 aromatic rings. The molecule has 1 N–H and O–H groups in total. The Morgan fingerprint density at radius 1 is 1.53 bits per heavy atom. The van der Waals surface area contributed by atoms with E-state index in [4.69, 9.17) is 0 Å². The monoisotopic (exact) mass is 268 g/mol. The van der Waals surface area contributed by atoms with Gasteiger partial charge in [0, 0.05) is 23.6 Å². The van der Waals surface area contributed by atoms with Crippen LogP contribution in [0.4, 0.5) is 11.4 Å². The molecule has 0 fully saturated rings. The van der Waals surface area contributed by atoms with Gasteiger partial charge in [0.25, 0.3) is 0 Å². The zero-order valence-corrected chi connectivity index (χ0v) is 10.8. The molecule has 0 saturated heterocycles. The van der Waals surface area contributed by atoms with Gasteiger partial charge in [-0.3, -0.25) is 0 Å². The summed E-state index contributed by atoms with van der Waals surface area (Å²) in [5, 5.41) is 3.44. The molecule has 1 aromatic carbocycles.